The van der Waals surface area contributed by atoms with E-state index in [-0.39, 0.29) is 30.6 Å². The summed E-state index contributed by atoms with van der Waals surface area (Å²) in [6.45, 7) is 6.14. The summed E-state index contributed by atoms with van der Waals surface area (Å²) in [5.74, 6) is -0.719. The van der Waals surface area contributed by atoms with E-state index in [1.807, 2.05) is 24.5 Å². The molecule has 12 heteroatoms. The third-order valence-corrected chi connectivity index (χ3v) is 7.17. The number of rotatable bonds is 9. The number of benzene rings is 2. The lowest BCUT2D eigenvalue weighted by molar-refractivity contribution is -0.384. The van der Waals surface area contributed by atoms with Gasteiger partial charge in [0.25, 0.3) is 17.5 Å². The van der Waals surface area contributed by atoms with Crippen LogP contribution in [0.5, 0.6) is 5.75 Å². The van der Waals surface area contributed by atoms with Crippen molar-refractivity contribution < 1.29 is 28.8 Å². The summed E-state index contributed by atoms with van der Waals surface area (Å²) in [6, 6.07) is 11.1. The number of hydrogen-bond acceptors (Lipinski definition) is 8. The summed E-state index contributed by atoms with van der Waals surface area (Å²) in [4.78, 5) is 48.1. The molecule has 0 bridgehead atoms. The predicted molar refractivity (Wildman–Crippen MR) is 137 cm³/mol. The molecule has 1 N–H and O–H groups in total. The molecule has 0 radical (unpaired) electrons. The molecule has 194 valence electrons. The number of thioether (sulfide) groups is 1. The van der Waals surface area contributed by atoms with Gasteiger partial charge in [-0.05, 0) is 56.7 Å². The molecule has 0 spiro atoms. The molecule has 4 rings (SSSR count). The van der Waals surface area contributed by atoms with Gasteiger partial charge in [0.05, 0.1) is 22.8 Å². The Labute approximate surface area is 216 Å². The molecule has 3 aromatic rings. The number of fused-ring (bicyclic) bond motifs is 1. The van der Waals surface area contributed by atoms with Crippen LogP contribution in [0.25, 0.3) is 10.9 Å². The van der Waals surface area contributed by atoms with E-state index in [4.69, 9.17) is 9.47 Å². The van der Waals surface area contributed by atoms with Crippen LogP contribution in [-0.4, -0.2) is 51.2 Å². The average Bonchev–Trinajstić information content (AvgIpc) is 3.38. The van der Waals surface area contributed by atoms with Gasteiger partial charge < -0.3 is 14.0 Å². The first-order chi connectivity index (χ1) is 17.7. The topological polar surface area (TPSA) is 133 Å². The molecule has 1 fully saturated rings. The fraction of sp³-hybridized carbons (Fsp3) is 0.320. The Balaban J connectivity index is 1.47. The van der Waals surface area contributed by atoms with Gasteiger partial charge in [-0.3, -0.25) is 25.1 Å². The van der Waals surface area contributed by atoms with E-state index in [0.717, 1.165) is 11.2 Å². The summed E-state index contributed by atoms with van der Waals surface area (Å²) in [7, 11) is 0. The first kappa shape index (κ1) is 26.0. The lowest BCUT2D eigenvalue weighted by atomic mass is 10.1. The minimum Gasteiger partial charge on any atom is -0.484 e. The zero-order valence-corrected chi connectivity index (χ0v) is 21.4. The highest BCUT2D eigenvalue weighted by Gasteiger charge is 2.34. The van der Waals surface area contributed by atoms with Crippen LogP contribution < -0.4 is 10.2 Å². The van der Waals surface area contributed by atoms with E-state index in [1.54, 1.807) is 31.2 Å². The van der Waals surface area contributed by atoms with Crippen molar-refractivity contribution in [2.45, 2.75) is 32.7 Å². The number of amides is 2. The molecule has 0 saturated carbocycles. The number of aromatic nitrogens is 1. The molecular formula is C25H26N4O7S. The molecule has 2 aromatic carbocycles. The van der Waals surface area contributed by atoms with Crippen molar-refractivity contribution in [2.75, 3.05) is 19.0 Å². The van der Waals surface area contributed by atoms with E-state index in [2.05, 4.69) is 5.43 Å². The molecule has 0 aliphatic carbocycles. The number of carbonyl (C=O) groups excluding carboxylic acids is 3. The minimum atomic E-state index is -0.546. The van der Waals surface area contributed by atoms with Gasteiger partial charge in [-0.25, -0.2) is 9.80 Å². The van der Waals surface area contributed by atoms with Crippen molar-refractivity contribution in [2.24, 2.45) is 0 Å². The number of aryl methyl sites for hydroxylation is 1. The maximum Gasteiger partial charge on any atom is 0.340 e. The van der Waals surface area contributed by atoms with Crippen LogP contribution >= 0.6 is 11.8 Å². The van der Waals surface area contributed by atoms with Crippen LogP contribution in [0.3, 0.4) is 0 Å². The lowest BCUT2D eigenvalue weighted by Crippen LogP contribution is -2.46. The van der Waals surface area contributed by atoms with Crippen LogP contribution in [0.1, 0.15) is 40.8 Å². The number of non-ortho nitro benzene ring substituents is 1. The van der Waals surface area contributed by atoms with Crippen LogP contribution in [0, 0.1) is 17.0 Å². The normalized spacial score (nSPS) is 15.2. The number of nitrogens with one attached hydrogen (secondary N) is 1. The van der Waals surface area contributed by atoms with Gasteiger partial charge >= 0.3 is 5.97 Å². The zero-order valence-electron chi connectivity index (χ0n) is 20.6. The van der Waals surface area contributed by atoms with Gasteiger partial charge in [-0.15, -0.1) is 11.8 Å². The minimum absolute atomic E-state index is 0.0605. The highest BCUT2D eigenvalue weighted by molar-refractivity contribution is 8.00. The van der Waals surface area contributed by atoms with Gasteiger partial charge in [0.2, 0.25) is 0 Å². The van der Waals surface area contributed by atoms with Crippen molar-refractivity contribution in [3.8, 4) is 5.75 Å². The van der Waals surface area contributed by atoms with Crippen LogP contribution in [-0.2, 0) is 20.9 Å². The molecule has 11 nitrogen and oxygen atoms in total. The Bertz CT molecular complexity index is 1370. The Morgan fingerprint density at radius 1 is 1.19 bits per heavy atom. The van der Waals surface area contributed by atoms with E-state index in [9.17, 15) is 24.5 Å². The quantitative estimate of drug-likeness (QED) is 0.253. The Morgan fingerprint density at radius 3 is 2.57 bits per heavy atom. The summed E-state index contributed by atoms with van der Waals surface area (Å²) in [5, 5.41) is 12.3. The Hall–Kier alpha value is -4.06. The number of hydrogen-bond donors (Lipinski definition) is 1. The number of carbonyl (C=O) groups is 3. The van der Waals surface area contributed by atoms with E-state index < -0.39 is 22.2 Å². The van der Waals surface area contributed by atoms with Crippen molar-refractivity contribution in [3.05, 3.63) is 69.4 Å². The first-order valence-electron chi connectivity index (χ1n) is 11.6. The maximum atomic E-state index is 12.7. The molecule has 2 heterocycles. The third kappa shape index (κ3) is 5.24. The largest absolute Gasteiger partial charge is 0.484 e. The second-order valence-corrected chi connectivity index (χ2v) is 9.27. The average molecular weight is 527 g/mol. The highest BCUT2D eigenvalue weighted by Crippen LogP contribution is 2.37. The van der Waals surface area contributed by atoms with Crippen molar-refractivity contribution in [1.29, 1.82) is 0 Å². The summed E-state index contributed by atoms with van der Waals surface area (Å²) in [5.41, 5.74) is 5.26. The highest BCUT2D eigenvalue weighted by atomic mass is 32.2. The number of nitro benzene ring substituents is 1. The van der Waals surface area contributed by atoms with Gasteiger partial charge in [-0.1, -0.05) is 0 Å². The lowest BCUT2D eigenvalue weighted by Gasteiger charge is -2.24. The number of nitro groups is 1. The fourth-order valence-corrected chi connectivity index (χ4v) is 5.40. The van der Waals surface area contributed by atoms with Gasteiger partial charge in [0.15, 0.2) is 6.61 Å². The Morgan fingerprint density at radius 2 is 1.92 bits per heavy atom. The van der Waals surface area contributed by atoms with Crippen molar-refractivity contribution in [1.82, 2.24) is 15.0 Å². The molecule has 1 saturated heterocycles. The third-order valence-electron chi connectivity index (χ3n) is 5.96. The van der Waals surface area contributed by atoms with Gasteiger partial charge in [0.1, 0.15) is 11.1 Å². The van der Waals surface area contributed by atoms with E-state index in [1.165, 1.54) is 28.9 Å². The standard InChI is InChI=1S/C25H26N4O7S/c1-4-27-15(3)23(25(32)35-5-2)19-12-18(10-11-20(19)27)36-13-21(30)26-28-22(31)14-37-24(28)16-6-8-17(9-7-16)29(33)34/h6-12,24H,4-5,13-14H2,1-3H3,(H,26,30)/t24-/m0/s1. The molecule has 1 aromatic heterocycles. The summed E-state index contributed by atoms with van der Waals surface area (Å²) < 4.78 is 12.9. The molecule has 1 aliphatic heterocycles. The number of ether oxygens (including phenoxy) is 2. The molecule has 2 amide bonds. The van der Waals surface area contributed by atoms with Crippen LogP contribution in [0.2, 0.25) is 0 Å². The maximum absolute atomic E-state index is 12.7. The summed E-state index contributed by atoms with van der Waals surface area (Å²) in [6.07, 6.45) is 0. The smallest absolute Gasteiger partial charge is 0.340 e. The van der Waals surface area contributed by atoms with Crippen molar-refractivity contribution >= 4 is 46.1 Å². The van der Waals surface area contributed by atoms with Crippen LogP contribution in [0.4, 0.5) is 5.69 Å². The SMILES string of the molecule is CCOC(=O)c1c(C)n(CC)c2ccc(OCC(=O)NN3C(=O)CS[C@H]3c3ccc([N+](=O)[O-])cc3)cc12. The Kier molecular flexibility index (Phi) is 7.67. The number of nitrogens with zero attached hydrogens (tertiary/aromatic N) is 3. The molecule has 37 heavy (non-hydrogen) atoms. The van der Waals surface area contributed by atoms with E-state index in [0.29, 0.717) is 28.8 Å². The second-order valence-electron chi connectivity index (χ2n) is 8.20. The van der Waals surface area contributed by atoms with E-state index >= 15 is 0 Å². The van der Waals surface area contributed by atoms with Gasteiger partial charge in [-0.2, -0.15) is 0 Å². The number of hydrazine groups is 1. The van der Waals surface area contributed by atoms with Crippen LogP contribution in [0.15, 0.2) is 42.5 Å². The molecular weight excluding hydrogens is 500 g/mol. The zero-order chi connectivity index (χ0) is 26.7. The predicted octanol–water partition coefficient (Wildman–Crippen LogP) is 3.74. The number of esters is 1. The molecule has 1 atom stereocenters. The fourth-order valence-electron chi connectivity index (χ4n) is 4.29. The second kappa shape index (κ2) is 10.9. The monoisotopic (exact) mass is 526 g/mol. The van der Waals surface area contributed by atoms with Crippen molar-refractivity contribution in [3.63, 3.8) is 0 Å². The molecule has 1 aliphatic rings. The first-order valence-corrected chi connectivity index (χ1v) is 12.7. The summed E-state index contributed by atoms with van der Waals surface area (Å²) >= 11 is 1.30. The molecule has 0 unspecified atom stereocenters. The van der Waals surface area contributed by atoms with Gasteiger partial charge in [0, 0.05) is 35.3 Å².